The highest BCUT2D eigenvalue weighted by Gasteiger charge is 2.18. The minimum Gasteiger partial charge on any atom is -0.378 e. The SMILES string of the molecule is CCCNC(C=C(C)C)CC1CCCO1. The van der Waals surface area contributed by atoms with Gasteiger partial charge in [-0.15, -0.1) is 0 Å². The summed E-state index contributed by atoms with van der Waals surface area (Å²) in [5.74, 6) is 0. The van der Waals surface area contributed by atoms with E-state index in [-0.39, 0.29) is 0 Å². The van der Waals surface area contributed by atoms with Gasteiger partial charge in [0, 0.05) is 12.6 Å². The number of nitrogens with one attached hydrogen (secondary N) is 1. The number of rotatable bonds is 6. The Kier molecular flexibility index (Phi) is 5.96. The molecule has 2 heteroatoms. The fourth-order valence-electron chi connectivity index (χ4n) is 2.06. The van der Waals surface area contributed by atoms with Crippen LogP contribution in [-0.4, -0.2) is 25.3 Å². The molecule has 1 heterocycles. The molecule has 1 N–H and O–H groups in total. The van der Waals surface area contributed by atoms with E-state index in [0.29, 0.717) is 12.1 Å². The van der Waals surface area contributed by atoms with Crippen LogP contribution in [0.3, 0.4) is 0 Å². The van der Waals surface area contributed by atoms with E-state index in [1.807, 2.05) is 0 Å². The van der Waals surface area contributed by atoms with Crippen molar-refractivity contribution < 1.29 is 4.74 Å². The monoisotopic (exact) mass is 211 g/mol. The summed E-state index contributed by atoms with van der Waals surface area (Å²) in [4.78, 5) is 0. The van der Waals surface area contributed by atoms with Crippen LogP contribution < -0.4 is 5.32 Å². The van der Waals surface area contributed by atoms with Gasteiger partial charge in [-0.05, 0) is 46.1 Å². The van der Waals surface area contributed by atoms with Crippen LogP contribution in [0.5, 0.6) is 0 Å². The molecule has 2 nitrogen and oxygen atoms in total. The van der Waals surface area contributed by atoms with E-state index >= 15 is 0 Å². The van der Waals surface area contributed by atoms with Crippen molar-refractivity contribution >= 4 is 0 Å². The molecule has 0 aromatic carbocycles. The Labute approximate surface area is 94.1 Å². The topological polar surface area (TPSA) is 21.3 Å². The fourth-order valence-corrected chi connectivity index (χ4v) is 2.06. The average Bonchev–Trinajstić information content (AvgIpc) is 2.66. The van der Waals surface area contributed by atoms with Gasteiger partial charge < -0.3 is 10.1 Å². The second-order valence-electron chi connectivity index (χ2n) is 4.68. The van der Waals surface area contributed by atoms with Crippen molar-refractivity contribution in [2.75, 3.05) is 13.2 Å². The molecular formula is C13H25NO. The van der Waals surface area contributed by atoms with Crippen LogP contribution in [0.25, 0.3) is 0 Å². The van der Waals surface area contributed by atoms with Crippen LogP contribution >= 0.6 is 0 Å². The maximum atomic E-state index is 5.68. The quantitative estimate of drug-likeness (QED) is 0.682. The molecule has 0 aliphatic carbocycles. The molecular weight excluding hydrogens is 186 g/mol. The average molecular weight is 211 g/mol. The minimum atomic E-state index is 0.481. The molecule has 0 amide bonds. The molecule has 0 aromatic rings. The van der Waals surface area contributed by atoms with E-state index in [0.717, 1.165) is 19.6 Å². The number of hydrogen-bond acceptors (Lipinski definition) is 2. The highest BCUT2D eigenvalue weighted by atomic mass is 16.5. The predicted octanol–water partition coefficient (Wildman–Crippen LogP) is 2.89. The Hall–Kier alpha value is -0.340. The molecule has 0 bridgehead atoms. The first-order chi connectivity index (χ1) is 7.22. The molecule has 0 saturated carbocycles. The third-order valence-electron chi connectivity index (χ3n) is 2.73. The second-order valence-corrected chi connectivity index (χ2v) is 4.68. The molecule has 2 unspecified atom stereocenters. The van der Waals surface area contributed by atoms with Crippen molar-refractivity contribution in [2.24, 2.45) is 0 Å². The first kappa shape index (κ1) is 12.7. The van der Waals surface area contributed by atoms with Gasteiger partial charge in [0.25, 0.3) is 0 Å². The lowest BCUT2D eigenvalue weighted by Gasteiger charge is -2.19. The van der Waals surface area contributed by atoms with E-state index in [1.165, 1.54) is 24.8 Å². The molecule has 2 atom stereocenters. The maximum absolute atomic E-state index is 5.68. The Morgan fingerprint density at radius 3 is 2.87 bits per heavy atom. The standard InChI is InChI=1S/C13H25NO/c1-4-7-14-12(9-11(2)3)10-13-6-5-8-15-13/h9,12-14H,4-8,10H2,1-3H3. The van der Waals surface area contributed by atoms with Gasteiger partial charge >= 0.3 is 0 Å². The molecule has 1 aliphatic heterocycles. The molecule has 1 fully saturated rings. The summed E-state index contributed by atoms with van der Waals surface area (Å²) in [6.07, 6.45) is 7.61. The van der Waals surface area contributed by atoms with Gasteiger partial charge in [-0.1, -0.05) is 18.6 Å². The van der Waals surface area contributed by atoms with Crippen molar-refractivity contribution in [3.05, 3.63) is 11.6 Å². The Morgan fingerprint density at radius 2 is 2.33 bits per heavy atom. The van der Waals surface area contributed by atoms with Crippen molar-refractivity contribution in [3.63, 3.8) is 0 Å². The van der Waals surface area contributed by atoms with E-state index in [9.17, 15) is 0 Å². The van der Waals surface area contributed by atoms with Gasteiger partial charge in [0.1, 0.15) is 0 Å². The molecule has 1 rings (SSSR count). The van der Waals surface area contributed by atoms with Gasteiger partial charge in [-0.2, -0.15) is 0 Å². The second kappa shape index (κ2) is 7.02. The Morgan fingerprint density at radius 1 is 1.53 bits per heavy atom. The Bertz CT molecular complexity index is 191. The molecule has 0 spiro atoms. The molecule has 88 valence electrons. The number of allylic oxidation sites excluding steroid dienone is 1. The van der Waals surface area contributed by atoms with Crippen molar-refractivity contribution in [2.45, 2.75) is 58.6 Å². The lowest BCUT2D eigenvalue weighted by Crippen LogP contribution is -2.31. The normalized spacial score (nSPS) is 22.7. The van der Waals surface area contributed by atoms with Crippen molar-refractivity contribution in [1.82, 2.24) is 5.32 Å². The molecule has 15 heavy (non-hydrogen) atoms. The molecule has 0 aromatic heterocycles. The van der Waals surface area contributed by atoms with Gasteiger partial charge in [0.2, 0.25) is 0 Å². The van der Waals surface area contributed by atoms with Crippen LogP contribution in [0.15, 0.2) is 11.6 Å². The van der Waals surface area contributed by atoms with Gasteiger partial charge in [-0.3, -0.25) is 0 Å². The lowest BCUT2D eigenvalue weighted by atomic mass is 10.0. The van der Waals surface area contributed by atoms with Crippen molar-refractivity contribution in [3.8, 4) is 0 Å². The van der Waals surface area contributed by atoms with Crippen LogP contribution in [0.4, 0.5) is 0 Å². The van der Waals surface area contributed by atoms with Crippen LogP contribution in [-0.2, 0) is 4.74 Å². The smallest absolute Gasteiger partial charge is 0.0593 e. The predicted molar refractivity (Wildman–Crippen MR) is 65.1 cm³/mol. The highest BCUT2D eigenvalue weighted by molar-refractivity contribution is 5.01. The zero-order valence-corrected chi connectivity index (χ0v) is 10.4. The molecule has 0 radical (unpaired) electrons. The third-order valence-corrected chi connectivity index (χ3v) is 2.73. The van der Waals surface area contributed by atoms with Gasteiger partial charge in [0.05, 0.1) is 6.10 Å². The highest BCUT2D eigenvalue weighted by Crippen LogP contribution is 2.17. The zero-order valence-electron chi connectivity index (χ0n) is 10.4. The molecule has 1 aliphatic rings. The van der Waals surface area contributed by atoms with E-state index in [4.69, 9.17) is 4.74 Å². The van der Waals surface area contributed by atoms with Gasteiger partial charge in [0.15, 0.2) is 0 Å². The summed E-state index contributed by atoms with van der Waals surface area (Å²) in [5.41, 5.74) is 1.39. The minimum absolute atomic E-state index is 0.481. The van der Waals surface area contributed by atoms with E-state index in [2.05, 4.69) is 32.2 Å². The summed E-state index contributed by atoms with van der Waals surface area (Å²) >= 11 is 0. The van der Waals surface area contributed by atoms with Crippen LogP contribution in [0.2, 0.25) is 0 Å². The lowest BCUT2D eigenvalue weighted by molar-refractivity contribution is 0.0987. The molecule has 1 saturated heterocycles. The summed E-state index contributed by atoms with van der Waals surface area (Å²) in [7, 11) is 0. The summed E-state index contributed by atoms with van der Waals surface area (Å²) < 4.78 is 5.68. The van der Waals surface area contributed by atoms with Crippen LogP contribution in [0, 0.1) is 0 Å². The fraction of sp³-hybridized carbons (Fsp3) is 0.846. The number of hydrogen-bond donors (Lipinski definition) is 1. The first-order valence-corrected chi connectivity index (χ1v) is 6.22. The third kappa shape index (κ3) is 5.33. The Balaban J connectivity index is 2.36. The zero-order chi connectivity index (χ0) is 11.1. The van der Waals surface area contributed by atoms with E-state index < -0.39 is 0 Å². The summed E-state index contributed by atoms with van der Waals surface area (Å²) in [5, 5.41) is 3.57. The first-order valence-electron chi connectivity index (χ1n) is 6.22. The van der Waals surface area contributed by atoms with E-state index in [1.54, 1.807) is 0 Å². The van der Waals surface area contributed by atoms with Gasteiger partial charge in [-0.25, -0.2) is 0 Å². The summed E-state index contributed by atoms with van der Waals surface area (Å²) in [6.45, 7) is 8.59. The largest absolute Gasteiger partial charge is 0.378 e. The number of ether oxygens (including phenoxy) is 1. The van der Waals surface area contributed by atoms with Crippen molar-refractivity contribution in [1.29, 1.82) is 0 Å². The van der Waals surface area contributed by atoms with Crippen LogP contribution in [0.1, 0.15) is 46.5 Å². The maximum Gasteiger partial charge on any atom is 0.0593 e. The summed E-state index contributed by atoms with van der Waals surface area (Å²) in [6, 6.07) is 0.498.